The highest BCUT2D eigenvalue weighted by Crippen LogP contribution is 2.25. The monoisotopic (exact) mass is 442 g/mol. The Bertz CT molecular complexity index is 894. The van der Waals surface area contributed by atoms with Crippen molar-refractivity contribution in [2.75, 3.05) is 11.9 Å². The second-order valence-corrected chi connectivity index (χ2v) is 8.42. The van der Waals surface area contributed by atoms with E-state index in [1.807, 2.05) is 6.07 Å². The molecule has 0 bridgehead atoms. The van der Waals surface area contributed by atoms with Gasteiger partial charge in [0.1, 0.15) is 5.75 Å². The quantitative estimate of drug-likeness (QED) is 0.452. The fraction of sp³-hybridized carbons (Fsp3) is 0.440. The van der Waals surface area contributed by atoms with E-state index in [0.717, 1.165) is 44.9 Å². The number of nitrogens with one attached hydrogen (secondary N) is 2. The lowest BCUT2D eigenvalue weighted by Gasteiger charge is -2.23. The second kappa shape index (κ2) is 11.8. The van der Waals surface area contributed by atoms with Crippen LogP contribution in [0.3, 0.4) is 0 Å². The summed E-state index contributed by atoms with van der Waals surface area (Å²) in [7, 11) is 0. The van der Waals surface area contributed by atoms with Crippen molar-refractivity contribution >= 4 is 29.1 Å². The molecule has 0 radical (unpaired) electrons. The summed E-state index contributed by atoms with van der Waals surface area (Å²) in [5.41, 5.74) is 1.35. The molecule has 0 saturated heterocycles. The lowest BCUT2D eigenvalue weighted by molar-refractivity contribution is 0.0926. The highest BCUT2D eigenvalue weighted by Gasteiger charge is 2.19. The first-order valence-electron chi connectivity index (χ1n) is 11.2. The molecule has 1 fully saturated rings. The average Bonchev–Trinajstić information content (AvgIpc) is 2.79. The molecule has 0 heterocycles. The summed E-state index contributed by atoms with van der Waals surface area (Å²) in [4.78, 5) is 25.6. The molecular weight excluding hydrogens is 412 g/mol. The van der Waals surface area contributed by atoms with Gasteiger partial charge in [0.25, 0.3) is 11.8 Å². The third kappa shape index (κ3) is 6.73. The summed E-state index contributed by atoms with van der Waals surface area (Å²) in [5.74, 6) is 0.0695. The summed E-state index contributed by atoms with van der Waals surface area (Å²) < 4.78 is 5.82. The van der Waals surface area contributed by atoms with Gasteiger partial charge in [-0.2, -0.15) is 0 Å². The number of halogens is 1. The van der Waals surface area contributed by atoms with Gasteiger partial charge in [-0.3, -0.25) is 9.59 Å². The first-order valence-corrected chi connectivity index (χ1v) is 11.6. The fourth-order valence-corrected chi connectivity index (χ4v) is 4.00. The second-order valence-electron chi connectivity index (χ2n) is 8.01. The van der Waals surface area contributed by atoms with Crippen LogP contribution >= 0.6 is 11.6 Å². The van der Waals surface area contributed by atoms with Gasteiger partial charge in [0.15, 0.2) is 0 Å². The SMILES string of the molecule is CCCCCOc1ccccc1C(=O)Nc1ccc(Cl)c(C(=O)NC2CCCCC2)c1. The molecule has 0 aromatic heterocycles. The number of amides is 2. The van der Waals surface area contributed by atoms with Crippen LogP contribution in [-0.2, 0) is 0 Å². The van der Waals surface area contributed by atoms with E-state index in [1.165, 1.54) is 6.42 Å². The number of anilines is 1. The van der Waals surface area contributed by atoms with E-state index in [0.29, 0.717) is 34.2 Å². The number of ether oxygens (including phenoxy) is 1. The molecule has 166 valence electrons. The minimum Gasteiger partial charge on any atom is -0.493 e. The van der Waals surface area contributed by atoms with Gasteiger partial charge in [-0.05, 0) is 49.6 Å². The van der Waals surface area contributed by atoms with Crippen LogP contribution < -0.4 is 15.4 Å². The molecule has 1 saturated carbocycles. The van der Waals surface area contributed by atoms with Crippen molar-refractivity contribution < 1.29 is 14.3 Å². The van der Waals surface area contributed by atoms with Crippen LogP contribution in [0.2, 0.25) is 5.02 Å². The Hall–Kier alpha value is -2.53. The van der Waals surface area contributed by atoms with E-state index in [1.54, 1.807) is 36.4 Å². The smallest absolute Gasteiger partial charge is 0.259 e. The lowest BCUT2D eigenvalue weighted by Crippen LogP contribution is -2.36. The predicted molar refractivity (Wildman–Crippen MR) is 125 cm³/mol. The van der Waals surface area contributed by atoms with Gasteiger partial charge in [-0.1, -0.05) is 62.8 Å². The zero-order chi connectivity index (χ0) is 22.1. The summed E-state index contributed by atoms with van der Waals surface area (Å²) in [6.45, 7) is 2.71. The molecule has 6 heteroatoms. The summed E-state index contributed by atoms with van der Waals surface area (Å²) in [5, 5.41) is 6.31. The van der Waals surface area contributed by atoms with E-state index in [4.69, 9.17) is 16.3 Å². The average molecular weight is 443 g/mol. The van der Waals surface area contributed by atoms with Crippen LogP contribution in [-0.4, -0.2) is 24.5 Å². The van der Waals surface area contributed by atoms with Crippen molar-refractivity contribution in [3.05, 3.63) is 58.6 Å². The van der Waals surface area contributed by atoms with Gasteiger partial charge in [0, 0.05) is 11.7 Å². The maximum absolute atomic E-state index is 12.9. The van der Waals surface area contributed by atoms with Crippen molar-refractivity contribution in [1.82, 2.24) is 5.32 Å². The molecule has 31 heavy (non-hydrogen) atoms. The maximum Gasteiger partial charge on any atom is 0.259 e. The topological polar surface area (TPSA) is 67.4 Å². The number of carbonyl (C=O) groups excluding carboxylic acids is 2. The molecule has 1 aliphatic carbocycles. The molecule has 1 aliphatic rings. The van der Waals surface area contributed by atoms with Crippen LogP contribution in [0.25, 0.3) is 0 Å². The van der Waals surface area contributed by atoms with Crippen LogP contribution in [0.5, 0.6) is 5.75 Å². The predicted octanol–water partition coefficient (Wildman–Crippen LogP) is 6.22. The van der Waals surface area contributed by atoms with Gasteiger partial charge in [0.05, 0.1) is 22.8 Å². The molecule has 3 rings (SSSR count). The Morgan fingerprint density at radius 3 is 2.55 bits per heavy atom. The number of para-hydroxylation sites is 1. The van der Waals surface area contributed by atoms with E-state index >= 15 is 0 Å². The first-order chi connectivity index (χ1) is 15.1. The molecular formula is C25H31ClN2O3. The molecule has 0 unspecified atom stereocenters. The number of hydrogen-bond acceptors (Lipinski definition) is 3. The van der Waals surface area contributed by atoms with Crippen molar-refractivity contribution in [1.29, 1.82) is 0 Å². The lowest BCUT2D eigenvalue weighted by atomic mass is 9.95. The molecule has 2 amide bonds. The van der Waals surface area contributed by atoms with Crippen LogP contribution in [0, 0.1) is 0 Å². The minimum absolute atomic E-state index is 0.187. The van der Waals surface area contributed by atoms with Gasteiger partial charge in [-0.25, -0.2) is 0 Å². The summed E-state index contributed by atoms with van der Waals surface area (Å²) in [6, 6.07) is 12.3. The van der Waals surface area contributed by atoms with Crippen molar-refractivity contribution in [2.45, 2.75) is 64.3 Å². The van der Waals surface area contributed by atoms with Crippen molar-refractivity contribution in [3.63, 3.8) is 0 Å². The van der Waals surface area contributed by atoms with Gasteiger partial charge in [-0.15, -0.1) is 0 Å². The normalized spacial score (nSPS) is 14.1. The molecule has 2 aromatic rings. The van der Waals surface area contributed by atoms with Crippen molar-refractivity contribution in [2.24, 2.45) is 0 Å². The number of hydrogen-bond donors (Lipinski definition) is 2. The van der Waals surface area contributed by atoms with Crippen LogP contribution in [0.4, 0.5) is 5.69 Å². The number of carbonyl (C=O) groups is 2. The molecule has 0 spiro atoms. The van der Waals surface area contributed by atoms with Crippen LogP contribution in [0.15, 0.2) is 42.5 Å². The molecule has 2 aromatic carbocycles. The Morgan fingerprint density at radius 2 is 1.77 bits per heavy atom. The number of rotatable bonds is 9. The van der Waals surface area contributed by atoms with Gasteiger partial charge < -0.3 is 15.4 Å². The first kappa shape index (κ1) is 23.1. The molecule has 0 atom stereocenters. The Labute approximate surface area is 189 Å². The third-order valence-electron chi connectivity index (χ3n) is 5.55. The molecule has 5 nitrogen and oxygen atoms in total. The van der Waals surface area contributed by atoms with E-state index in [-0.39, 0.29) is 17.9 Å². The summed E-state index contributed by atoms with van der Waals surface area (Å²) in [6.07, 6.45) is 8.62. The fourth-order valence-electron chi connectivity index (χ4n) is 3.80. The summed E-state index contributed by atoms with van der Waals surface area (Å²) >= 11 is 6.28. The van der Waals surface area contributed by atoms with Gasteiger partial charge >= 0.3 is 0 Å². The van der Waals surface area contributed by atoms with E-state index < -0.39 is 0 Å². The Kier molecular flexibility index (Phi) is 8.77. The number of benzene rings is 2. The minimum atomic E-state index is -0.285. The largest absolute Gasteiger partial charge is 0.493 e. The zero-order valence-electron chi connectivity index (χ0n) is 18.1. The van der Waals surface area contributed by atoms with E-state index in [9.17, 15) is 9.59 Å². The third-order valence-corrected chi connectivity index (χ3v) is 5.88. The van der Waals surface area contributed by atoms with Gasteiger partial charge in [0.2, 0.25) is 0 Å². The van der Waals surface area contributed by atoms with Crippen LogP contribution in [0.1, 0.15) is 79.0 Å². The zero-order valence-corrected chi connectivity index (χ0v) is 18.8. The highest BCUT2D eigenvalue weighted by atomic mass is 35.5. The maximum atomic E-state index is 12.9. The number of unbranched alkanes of at least 4 members (excludes halogenated alkanes) is 2. The van der Waals surface area contributed by atoms with Crippen molar-refractivity contribution in [3.8, 4) is 5.75 Å². The molecule has 2 N–H and O–H groups in total. The van der Waals surface area contributed by atoms with E-state index in [2.05, 4.69) is 17.6 Å². The highest BCUT2D eigenvalue weighted by molar-refractivity contribution is 6.34. The standard InChI is InChI=1S/C25H31ClN2O3/c1-2-3-9-16-31-23-13-8-7-12-20(23)24(29)28-19-14-15-22(26)21(17-19)25(30)27-18-10-5-4-6-11-18/h7-8,12-15,17-18H,2-6,9-11,16H2,1H3,(H,27,30)(H,28,29). The Morgan fingerprint density at radius 1 is 1.00 bits per heavy atom. The molecule has 0 aliphatic heterocycles. The Balaban J connectivity index is 1.68.